The molecule has 4 nitrogen and oxygen atoms in total. The Labute approximate surface area is 94.4 Å². The van der Waals surface area contributed by atoms with Crippen LogP contribution in [0.2, 0.25) is 0 Å². The van der Waals surface area contributed by atoms with E-state index in [1.165, 1.54) is 0 Å². The van der Waals surface area contributed by atoms with Crippen molar-refractivity contribution in [1.82, 2.24) is 0 Å². The first-order valence-electron chi connectivity index (χ1n) is 0.783. The van der Waals surface area contributed by atoms with Crippen molar-refractivity contribution in [3.8, 4) is 0 Å². The third-order valence-corrected chi connectivity index (χ3v) is 0. The van der Waals surface area contributed by atoms with Crippen molar-refractivity contribution >= 4 is 56.7 Å². The Morgan fingerprint density at radius 2 is 1.29 bits per heavy atom. The molecule has 0 aliphatic carbocycles. The molecule has 3 N–H and O–H groups in total. The summed E-state index contributed by atoms with van der Waals surface area (Å²) >= 11 is 0. The maximum Gasteiger partial charge on any atom is 2.00 e. The van der Waals surface area contributed by atoms with Gasteiger partial charge in [-0.3, -0.25) is 0 Å². The van der Waals surface area contributed by atoms with Crippen LogP contribution in [0.5, 0.6) is 0 Å². The van der Waals surface area contributed by atoms with Crippen LogP contribution in [0.4, 0.5) is 0 Å². The summed E-state index contributed by atoms with van der Waals surface area (Å²) in [4.78, 5) is 21.6. The standard InChI is InChI=1S/Ba.Fe.H3O4P.2H/c;;1-5(2,3)4;;/h;;(H3,1,2,3,4);;/q+2;;;2*-1. The van der Waals surface area contributed by atoms with E-state index in [0.717, 1.165) is 0 Å². The average Bonchev–Trinajstić information content (AvgIpc) is 0.722. The molecular weight excluding hydrogens is 288 g/mol. The van der Waals surface area contributed by atoms with E-state index in [0.29, 0.717) is 0 Å². The van der Waals surface area contributed by atoms with E-state index in [1.54, 1.807) is 0 Å². The fourth-order valence-electron chi connectivity index (χ4n) is 0. The predicted octanol–water partition coefficient (Wildman–Crippen LogP) is -1.09. The molecule has 0 aromatic carbocycles. The van der Waals surface area contributed by atoms with Crippen molar-refractivity contribution in [2.75, 3.05) is 0 Å². The summed E-state index contributed by atoms with van der Waals surface area (Å²) in [5, 5.41) is 0. The van der Waals surface area contributed by atoms with E-state index in [2.05, 4.69) is 0 Å². The SMILES string of the molecule is O=P(O)(O)O.[Ba+2].[Fe].[H-].[H-]. The second-order valence-corrected chi connectivity index (χ2v) is 1.54. The quantitative estimate of drug-likeness (QED) is 0.392. The number of phosphoric acid groups is 1. The van der Waals surface area contributed by atoms with E-state index in [9.17, 15) is 0 Å². The van der Waals surface area contributed by atoms with Gasteiger partial charge in [0.15, 0.2) is 0 Å². The normalized spacial score (nSPS) is 8.43. The van der Waals surface area contributed by atoms with Gasteiger partial charge in [0.05, 0.1) is 0 Å². The molecule has 0 bridgehead atoms. The van der Waals surface area contributed by atoms with Gasteiger partial charge >= 0.3 is 56.7 Å². The third kappa shape index (κ3) is 65.1. The van der Waals surface area contributed by atoms with Crippen LogP contribution in [0, 0.1) is 0 Å². The minimum absolute atomic E-state index is 0. The molecular formula is H5BaFeO4P. The molecule has 0 heterocycles. The summed E-state index contributed by atoms with van der Waals surface area (Å²) in [5.41, 5.74) is 0. The molecule has 0 aliphatic heterocycles. The monoisotopic (exact) mass is 294 g/mol. The Balaban J connectivity index is -0.0000000133. The largest absolute Gasteiger partial charge is 2.00 e. The topological polar surface area (TPSA) is 77.8 Å². The molecule has 0 spiro atoms. The van der Waals surface area contributed by atoms with Gasteiger partial charge in [-0.05, 0) is 0 Å². The van der Waals surface area contributed by atoms with Gasteiger partial charge in [0.1, 0.15) is 0 Å². The molecule has 44 valence electrons. The van der Waals surface area contributed by atoms with Crippen LogP contribution in [-0.4, -0.2) is 63.6 Å². The molecule has 0 unspecified atom stereocenters. The Kier molecular flexibility index (Phi) is 14.5. The van der Waals surface area contributed by atoms with Crippen molar-refractivity contribution in [2.45, 2.75) is 0 Å². The van der Waals surface area contributed by atoms with Crippen molar-refractivity contribution in [3.05, 3.63) is 0 Å². The van der Waals surface area contributed by atoms with Crippen LogP contribution < -0.4 is 0 Å². The van der Waals surface area contributed by atoms with E-state index in [4.69, 9.17) is 19.2 Å². The molecule has 0 saturated carbocycles. The van der Waals surface area contributed by atoms with Crippen LogP contribution in [-0.2, 0) is 21.6 Å². The summed E-state index contributed by atoms with van der Waals surface area (Å²) in [6, 6.07) is 0. The molecule has 0 aliphatic rings. The Morgan fingerprint density at radius 1 is 1.29 bits per heavy atom. The molecule has 0 aromatic heterocycles. The smallest absolute Gasteiger partial charge is 1.00 e. The van der Waals surface area contributed by atoms with Gasteiger partial charge in [-0.2, -0.15) is 0 Å². The first kappa shape index (κ1) is 16.1. The van der Waals surface area contributed by atoms with E-state index < -0.39 is 7.82 Å². The molecule has 7 heteroatoms. The van der Waals surface area contributed by atoms with Crippen LogP contribution in [0.25, 0.3) is 0 Å². The minimum Gasteiger partial charge on any atom is -1.00 e. The van der Waals surface area contributed by atoms with E-state index in [-0.39, 0.29) is 68.8 Å². The second kappa shape index (κ2) is 6.32. The zero-order chi connectivity index (χ0) is 4.50. The molecule has 0 amide bonds. The molecule has 7 heavy (non-hydrogen) atoms. The fourth-order valence-corrected chi connectivity index (χ4v) is 0. The van der Waals surface area contributed by atoms with Gasteiger partial charge in [-0.25, -0.2) is 4.57 Å². The molecule has 0 saturated heterocycles. The summed E-state index contributed by atoms with van der Waals surface area (Å²) in [5.74, 6) is 0. The Morgan fingerprint density at radius 3 is 1.29 bits per heavy atom. The number of hydrogen-bond acceptors (Lipinski definition) is 1. The molecule has 0 rings (SSSR count). The third-order valence-electron chi connectivity index (χ3n) is 0. The van der Waals surface area contributed by atoms with Crippen LogP contribution in [0.15, 0.2) is 0 Å². The first-order valence-corrected chi connectivity index (χ1v) is 2.35. The van der Waals surface area contributed by atoms with Gasteiger partial charge < -0.3 is 17.5 Å². The van der Waals surface area contributed by atoms with Crippen LogP contribution >= 0.6 is 7.82 Å². The van der Waals surface area contributed by atoms with E-state index >= 15 is 0 Å². The predicted molar refractivity (Wildman–Crippen MR) is 22.2 cm³/mol. The molecule has 0 fully saturated rings. The molecule has 0 atom stereocenters. The van der Waals surface area contributed by atoms with Gasteiger partial charge in [-0.15, -0.1) is 0 Å². The van der Waals surface area contributed by atoms with Crippen LogP contribution in [0.1, 0.15) is 2.85 Å². The summed E-state index contributed by atoms with van der Waals surface area (Å²) < 4.78 is 8.88. The average molecular weight is 293 g/mol. The summed E-state index contributed by atoms with van der Waals surface area (Å²) in [6.45, 7) is 0. The van der Waals surface area contributed by atoms with Crippen molar-refractivity contribution in [1.29, 1.82) is 0 Å². The first-order chi connectivity index (χ1) is 2.00. The molecule has 0 radical (unpaired) electrons. The summed E-state index contributed by atoms with van der Waals surface area (Å²) in [7, 11) is -4.64. The van der Waals surface area contributed by atoms with Crippen molar-refractivity contribution < 1.29 is 39.2 Å². The van der Waals surface area contributed by atoms with Crippen molar-refractivity contribution in [3.63, 3.8) is 0 Å². The zero-order valence-corrected chi connectivity index (χ0v) is 9.70. The van der Waals surface area contributed by atoms with Crippen molar-refractivity contribution in [2.24, 2.45) is 0 Å². The molecule has 0 aromatic rings. The Hall–Kier alpha value is 2.20. The Bertz CT molecular complexity index is 64.7. The number of rotatable bonds is 0. The maximum atomic E-state index is 8.88. The fraction of sp³-hybridized carbons (Fsp3) is 0. The van der Waals surface area contributed by atoms with Gasteiger partial charge in [0.25, 0.3) is 0 Å². The van der Waals surface area contributed by atoms with Crippen LogP contribution in [0.3, 0.4) is 0 Å². The van der Waals surface area contributed by atoms with Gasteiger partial charge in [0.2, 0.25) is 0 Å². The van der Waals surface area contributed by atoms with Gasteiger partial charge in [-0.1, -0.05) is 0 Å². The van der Waals surface area contributed by atoms with Gasteiger partial charge in [0, 0.05) is 17.1 Å². The zero-order valence-electron chi connectivity index (χ0n) is 5.26. The van der Waals surface area contributed by atoms with E-state index in [1.807, 2.05) is 0 Å². The summed E-state index contributed by atoms with van der Waals surface area (Å²) in [6.07, 6.45) is 0. The maximum absolute atomic E-state index is 8.88. The minimum atomic E-state index is -4.64. The second-order valence-electron chi connectivity index (χ2n) is 0.513. The number of hydrogen-bond donors (Lipinski definition) is 3.